The van der Waals surface area contributed by atoms with Gasteiger partial charge in [0.15, 0.2) is 0 Å². The molecule has 0 saturated carbocycles. The van der Waals surface area contributed by atoms with Crippen LogP contribution in [0.15, 0.2) is 30.3 Å². The van der Waals surface area contributed by atoms with Gasteiger partial charge < -0.3 is 11.1 Å². The average Bonchev–Trinajstić information content (AvgIpc) is 2.48. The highest BCUT2D eigenvalue weighted by atomic mass is 16.2. The van der Waals surface area contributed by atoms with Crippen LogP contribution in [0.3, 0.4) is 0 Å². The van der Waals surface area contributed by atoms with Crippen molar-refractivity contribution in [2.24, 2.45) is 11.7 Å². The van der Waals surface area contributed by atoms with Crippen molar-refractivity contribution in [2.45, 2.75) is 52.0 Å². The Hall–Kier alpha value is -1.35. The number of carbonyl (C=O) groups excluding carboxylic acids is 1. The predicted molar refractivity (Wildman–Crippen MR) is 84.3 cm³/mol. The molecule has 112 valence electrons. The Balaban J connectivity index is 2.57. The van der Waals surface area contributed by atoms with Crippen LogP contribution in [0.5, 0.6) is 0 Å². The number of rotatable bonds is 8. The molecule has 3 heteroatoms. The number of hydrogen-bond acceptors (Lipinski definition) is 2. The molecule has 1 aromatic rings. The van der Waals surface area contributed by atoms with E-state index >= 15 is 0 Å². The van der Waals surface area contributed by atoms with E-state index in [2.05, 4.69) is 19.2 Å². The molecule has 0 spiro atoms. The van der Waals surface area contributed by atoms with E-state index in [1.807, 2.05) is 30.3 Å². The van der Waals surface area contributed by atoms with Crippen molar-refractivity contribution < 1.29 is 4.79 Å². The fourth-order valence-electron chi connectivity index (χ4n) is 2.28. The zero-order valence-corrected chi connectivity index (χ0v) is 13.0. The number of hydrogen-bond donors (Lipinski definition) is 2. The van der Waals surface area contributed by atoms with Crippen LogP contribution in [0.25, 0.3) is 0 Å². The Labute approximate surface area is 122 Å². The first-order valence-electron chi connectivity index (χ1n) is 7.65. The topological polar surface area (TPSA) is 55.1 Å². The third-order valence-electron chi connectivity index (χ3n) is 3.94. The van der Waals surface area contributed by atoms with Gasteiger partial charge in [0.2, 0.25) is 5.91 Å². The van der Waals surface area contributed by atoms with Gasteiger partial charge in [-0.3, -0.25) is 4.79 Å². The number of nitrogens with one attached hydrogen (secondary N) is 1. The van der Waals surface area contributed by atoms with Gasteiger partial charge in [-0.15, -0.1) is 0 Å². The summed E-state index contributed by atoms with van der Waals surface area (Å²) >= 11 is 0. The average molecular weight is 276 g/mol. The summed E-state index contributed by atoms with van der Waals surface area (Å²) < 4.78 is 0. The third kappa shape index (κ3) is 4.64. The second kappa shape index (κ2) is 8.05. The normalized spacial score (nSPS) is 15.4. The van der Waals surface area contributed by atoms with E-state index in [1.165, 1.54) is 19.3 Å². The van der Waals surface area contributed by atoms with Gasteiger partial charge in [-0.1, -0.05) is 63.4 Å². The van der Waals surface area contributed by atoms with Crippen LogP contribution in [0, 0.1) is 5.92 Å². The monoisotopic (exact) mass is 276 g/mol. The Kier molecular flexibility index (Phi) is 6.73. The van der Waals surface area contributed by atoms with Crippen molar-refractivity contribution in [3.05, 3.63) is 35.9 Å². The van der Waals surface area contributed by atoms with E-state index in [9.17, 15) is 4.79 Å². The summed E-state index contributed by atoms with van der Waals surface area (Å²) in [7, 11) is 0. The summed E-state index contributed by atoms with van der Waals surface area (Å²) in [5, 5.41) is 3.02. The van der Waals surface area contributed by atoms with Crippen LogP contribution in [-0.2, 0) is 10.3 Å². The van der Waals surface area contributed by atoms with Crippen LogP contribution >= 0.6 is 0 Å². The Morgan fingerprint density at radius 1 is 1.30 bits per heavy atom. The number of unbranched alkanes of at least 4 members (excludes halogenated alkanes) is 1. The zero-order chi connectivity index (χ0) is 15.0. The molecule has 0 aliphatic rings. The molecule has 0 bridgehead atoms. The molecule has 2 unspecified atom stereocenters. The summed E-state index contributed by atoms with van der Waals surface area (Å²) in [5.41, 5.74) is 6.08. The van der Waals surface area contributed by atoms with Crippen LogP contribution in [0.2, 0.25) is 0 Å². The fourth-order valence-corrected chi connectivity index (χ4v) is 2.28. The maximum absolute atomic E-state index is 12.3. The molecule has 3 nitrogen and oxygen atoms in total. The maximum atomic E-state index is 12.3. The molecular weight excluding hydrogens is 248 g/mol. The van der Waals surface area contributed by atoms with Gasteiger partial charge in [0.1, 0.15) is 5.54 Å². The number of carbonyl (C=O) groups is 1. The first-order valence-corrected chi connectivity index (χ1v) is 7.65. The highest BCUT2D eigenvalue weighted by Gasteiger charge is 2.30. The Morgan fingerprint density at radius 2 is 1.95 bits per heavy atom. The Bertz CT molecular complexity index is 401. The SMILES string of the molecule is CCCCC(CC)CNC(=O)C(C)(N)c1ccccc1. The molecule has 0 aliphatic carbocycles. The molecule has 0 aliphatic heterocycles. The standard InChI is InChI=1S/C17H28N2O/c1-4-6-10-14(5-2)13-19-16(20)17(3,18)15-11-8-7-9-12-15/h7-9,11-12,14H,4-6,10,13,18H2,1-3H3,(H,19,20). The summed E-state index contributed by atoms with van der Waals surface area (Å²) in [4.78, 5) is 12.3. The molecular formula is C17H28N2O. The van der Waals surface area contributed by atoms with Crippen molar-refractivity contribution in [2.75, 3.05) is 6.54 Å². The third-order valence-corrected chi connectivity index (χ3v) is 3.94. The number of amides is 1. The van der Waals surface area contributed by atoms with E-state index in [1.54, 1.807) is 6.92 Å². The predicted octanol–water partition coefficient (Wildman–Crippen LogP) is 3.19. The lowest BCUT2D eigenvalue weighted by molar-refractivity contribution is -0.126. The molecule has 0 radical (unpaired) electrons. The highest BCUT2D eigenvalue weighted by Crippen LogP contribution is 2.18. The summed E-state index contributed by atoms with van der Waals surface area (Å²) in [6.45, 7) is 6.85. The molecule has 2 atom stereocenters. The summed E-state index contributed by atoms with van der Waals surface area (Å²) in [6, 6.07) is 9.53. The Morgan fingerprint density at radius 3 is 2.50 bits per heavy atom. The molecule has 0 aromatic heterocycles. The molecule has 20 heavy (non-hydrogen) atoms. The van der Waals surface area contributed by atoms with Crippen molar-refractivity contribution in [1.82, 2.24) is 5.32 Å². The lowest BCUT2D eigenvalue weighted by Crippen LogP contribution is -2.50. The second-order valence-corrected chi connectivity index (χ2v) is 5.69. The van der Waals surface area contributed by atoms with Gasteiger partial charge >= 0.3 is 0 Å². The molecule has 3 N–H and O–H groups in total. The lowest BCUT2D eigenvalue weighted by atomic mass is 9.91. The van der Waals surface area contributed by atoms with Gasteiger partial charge in [0, 0.05) is 6.54 Å². The minimum absolute atomic E-state index is 0.0985. The molecule has 1 amide bonds. The van der Waals surface area contributed by atoms with E-state index in [0.717, 1.165) is 18.5 Å². The van der Waals surface area contributed by atoms with Gasteiger partial charge in [0.25, 0.3) is 0 Å². The van der Waals surface area contributed by atoms with Crippen LogP contribution in [0.4, 0.5) is 0 Å². The zero-order valence-electron chi connectivity index (χ0n) is 13.0. The summed E-state index contributed by atoms with van der Waals surface area (Å²) in [5.74, 6) is 0.448. The molecule has 1 aromatic carbocycles. The first kappa shape index (κ1) is 16.7. The van der Waals surface area contributed by atoms with Crippen LogP contribution in [-0.4, -0.2) is 12.5 Å². The smallest absolute Gasteiger partial charge is 0.244 e. The van der Waals surface area contributed by atoms with Gasteiger partial charge in [-0.25, -0.2) is 0 Å². The van der Waals surface area contributed by atoms with Crippen LogP contribution < -0.4 is 11.1 Å². The van der Waals surface area contributed by atoms with Gasteiger partial charge in [-0.05, 0) is 24.8 Å². The van der Waals surface area contributed by atoms with E-state index in [4.69, 9.17) is 5.73 Å². The fraction of sp³-hybridized carbons (Fsp3) is 0.588. The van der Waals surface area contributed by atoms with E-state index in [0.29, 0.717) is 5.92 Å². The van der Waals surface area contributed by atoms with Crippen LogP contribution in [0.1, 0.15) is 52.0 Å². The maximum Gasteiger partial charge on any atom is 0.244 e. The van der Waals surface area contributed by atoms with Gasteiger partial charge in [0.05, 0.1) is 0 Å². The first-order chi connectivity index (χ1) is 9.52. The molecule has 0 heterocycles. The molecule has 0 saturated heterocycles. The van der Waals surface area contributed by atoms with Crippen molar-refractivity contribution in [3.8, 4) is 0 Å². The lowest BCUT2D eigenvalue weighted by Gasteiger charge is -2.25. The van der Waals surface area contributed by atoms with E-state index in [-0.39, 0.29) is 5.91 Å². The van der Waals surface area contributed by atoms with Crippen molar-refractivity contribution in [3.63, 3.8) is 0 Å². The second-order valence-electron chi connectivity index (χ2n) is 5.69. The summed E-state index contributed by atoms with van der Waals surface area (Å²) in [6.07, 6.45) is 4.67. The minimum atomic E-state index is -0.968. The largest absolute Gasteiger partial charge is 0.354 e. The molecule has 0 fully saturated rings. The molecule has 1 rings (SSSR count). The van der Waals surface area contributed by atoms with Crippen molar-refractivity contribution >= 4 is 5.91 Å². The number of benzene rings is 1. The van der Waals surface area contributed by atoms with E-state index < -0.39 is 5.54 Å². The van der Waals surface area contributed by atoms with Gasteiger partial charge in [-0.2, -0.15) is 0 Å². The number of nitrogens with two attached hydrogens (primary N) is 1. The quantitative estimate of drug-likeness (QED) is 0.766. The van der Waals surface area contributed by atoms with Crippen molar-refractivity contribution in [1.29, 1.82) is 0 Å². The minimum Gasteiger partial charge on any atom is -0.354 e. The highest BCUT2D eigenvalue weighted by molar-refractivity contribution is 5.86.